The minimum absolute atomic E-state index is 0.163. The molecule has 2 heterocycles. The fourth-order valence-electron chi connectivity index (χ4n) is 3.61. The van der Waals surface area contributed by atoms with Crippen LogP contribution in [0.2, 0.25) is 0 Å². The van der Waals surface area contributed by atoms with Gasteiger partial charge in [-0.2, -0.15) is 0 Å². The molecule has 0 fully saturated rings. The molecule has 1 aliphatic rings. The van der Waals surface area contributed by atoms with Crippen molar-refractivity contribution in [1.82, 2.24) is 9.88 Å². The lowest BCUT2D eigenvalue weighted by molar-refractivity contribution is 0.193. The largest absolute Gasteiger partial charge is 0.493 e. The van der Waals surface area contributed by atoms with Crippen LogP contribution >= 0.6 is 11.3 Å². The monoisotopic (exact) mass is 395 g/mol. The highest BCUT2D eigenvalue weighted by Crippen LogP contribution is 2.41. The van der Waals surface area contributed by atoms with Crippen LogP contribution in [-0.2, 0) is 6.42 Å². The van der Waals surface area contributed by atoms with E-state index in [4.69, 9.17) is 9.47 Å². The zero-order valence-electron chi connectivity index (χ0n) is 15.7. The zero-order valence-corrected chi connectivity index (χ0v) is 16.5. The Hall–Kier alpha value is -3.06. The normalized spacial score (nSPS) is 15.6. The number of rotatable bonds is 4. The van der Waals surface area contributed by atoms with E-state index in [1.807, 2.05) is 52.7 Å². The summed E-state index contributed by atoms with van der Waals surface area (Å²) in [5.74, 6) is 1.36. The van der Waals surface area contributed by atoms with E-state index in [0.717, 1.165) is 23.1 Å². The molecule has 0 bridgehead atoms. The van der Waals surface area contributed by atoms with Crippen molar-refractivity contribution in [3.63, 3.8) is 0 Å². The number of nitrogens with zero attached hydrogens (tertiary/aromatic N) is 2. The van der Waals surface area contributed by atoms with Crippen LogP contribution in [0, 0.1) is 0 Å². The molecule has 144 valence electrons. The average molecular weight is 395 g/mol. The number of urea groups is 1. The Kier molecular flexibility index (Phi) is 5.16. The summed E-state index contributed by atoms with van der Waals surface area (Å²) >= 11 is 1.40. The molecule has 4 rings (SSSR count). The number of benzene rings is 2. The van der Waals surface area contributed by atoms with Gasteiger partial charge in [-0.1, -0.05) is 30.3 Å². The van der Waals surface area contributed by atoms with Gasteiger partial charge in [-0.25, -0.2) is 9.78 Å². The van der Waals surface area contributed by atoms with Gasteiger partial charge in [0.15, 0.2) is 16.6 Å². The third-order valence-corrected chi connectivity index (χ3v) is 5.58. The van der Waals surface area contributed by atoms with Crippen LogP contribution in [0.3, 0.4) is 0 Å². The van der Waals surface area contributed by atoms with Gasteiger partial charge in [-0.15, -0.1) is 11.3 Å². The number of fused-ring (bicyclic) bond motifs is 1. The molecule has 3 aromatic rings. The van der Waals surface area contributed by atoms with Crippen molar-refractivity contribution in [3.05, 3.63) is 70.7 Å². The third kappa shape index (κ3) is 3.41. The van der Waals surface area contributed by atoms with Gasteiger partial charge in [0.25, 0.3) is 0 Å². The SMILES string of the molecule is COc1cc2c(cc1OC)C(c1ccccc1)N(C(=O)Nc1nccs1)CC2. The smallest absolute Gasteiger partial charge is 0.324 e. The summed E-state index contributed by atoms with van der Waals surface area (Å²) in [6.07, 6.45) is 2.42. The summed E-state index contributed by atoms with van der Waals surface area (Å²) in [6.45, 7) is 0.596. The second-order valence-electron chi connectivity index (χ2n) is 6.43. The Morgan fingerprint density at radius 1 is 1.18 bits per heavy atom. The lowest BCUT2D eigenvalue weighted by Gasteiger charge is -2.38. The number of carbonyl (C=O) groups is 1. The molecule has 28 heavy (non-hydrogen) atoms. The highest BCUT2D eigenvalue weighted by atomic mass is 32.1. The van der Waals surface area contributed by atoms with Crippen LogP contribution in [0.15, 0.2) is 54.0 Å². The van der Waals surface area contributed by atoms with E-state index in [1.165, 1.54) is 11.3 Å². The molecular weight excluding hydrogens is 374 g/mol. The van der Waals surface area contributed by atoms with Crippen molar-refractivity contribution >= 4 is 22.5 Å². The van der Waals surface area contributed by atoms with Gasteiger partial charge in [0.2, 0.25) is 0 Å². The molecule has 7 heteroatoms. The molecule has 0 radical (unpaired) electrons. The molecule has 0 spiro atoms. The zero-order chi connectivity index (χ0) is 19.5. The molecule has 1 unspecified atom stereocenters. The van der Waals surface area contributed by atoms with E-state index in [2.05, 4.69) is 10.3 Å². The van der Waals surface area contributed by atoms with Gasteiger partial charge in [0.1, 0.15) is 0 Å². The van der Waals surface area contributed by atoms with Crippen molar-refractivity contribution in [2.75, 3.05) is 26.1 Å². The first kappa shape index (κ1) is 18.3. The fourth-order valence-corrected chi connectivity index (χ4v) is 4.13. The molecule has 2 aromatic carbocycles. The molecule has 1 aromatic heterocycles. The maximum absolute atomic E-state index is 13.1. The number of methoxy groups -OCH3 is 2. The highest BCUT2D eigenvalue weighted by Gasteiger charge is 2.33. The minimum atomic E-state index is -0.218. The molecule has 0 aliphatic carbocycles. The molecule has 1 atom stereocenters. The number of hydrogen-bond acceptors (Lipinski definition) is 5. The van der Waals surface area contributed by atoms with Crippen molar-refractivity contribution in [2.45, 2.75) is 12.5 Å². The van der Waals surface area contributed by atoms with Gasteiger partial charge >= 0.3 is 6.03 Å². The Balaban J connectivity index is 1.77. The van der Waals surface area contributed by atoms with E-state index >= 15 is 0 Å². The number of aromatic nitrogens is 1. The van der Waals surface area contributed by atoms with Crippen molar-refractivity contribution in [1.29, 1.82) is 0 Å². The second-order valence-corrected chi connectivity index (χ2v) is 7.32. The van der Waals surface area contributed by atoms with E-state index in [0.29, 0.717) is 23.2 Å². The van der Waals surface area contributed by atoms with Crippen LogP contribution in [0.25, 0.3) is 0 Å². The van der Waals surface area contributed by atoms with E-state index in [9.17, 15) is 4.79 Å². The van der Waals surface area contributed by atoms with E-state index in [1.54, 1.807) is 20.4 Å². The van der Waals surface area contributed by atoms with Gasteiger partial charge in [-0.05, 0) is 35.2 Å². The summed E-state index contributed by atoms with van der Waals surface area (Å²) in [5.41, 5.74) is 3.25. The second kappa shape index (κ2) is 7.90. The standard InChI is InChI=1S/C21H21N3O3S/c1-26-17-12-15-8-10-24(21(25)23-20-22-9-11-28-20)19(14-6-4-3-5-7-14)16(15)13-18(17)27-2/h3-7,9,11-13,19H,8,10H2,1-2H3,(H,22,23,25). The summed E-state index contributed by atoms with van der Waals surface area (Å²) < 4.78 is 11.0. The number of hydrogen-bond donors (Lipinski definition) is 1. The van der Waals surface area contributed by atoms with Crippen LogP contribution in [0.1, 0.15) is 22.7 Å². The highest BCUT2D eigenvalue weighted by molar-refractivity contribution is 7.13. The predicted octanol–water partition coefficient (Wildman–Crippen LogP) is 4.34. The van der Waals surface area contributed by atoms with Crippen molar-refractivity contribution < 1.29 is 14.3 Å². The first-order valence-corrected chi connectivity index (χ1v) is 9.86. The number of anilines is 1. The first-order valence-electron chi connectivity index (χ1n) is 8.98. The van der Waals surface area contributed by atoms with Crippen LogP contribution in [0.5, 0.6) is 11.5 Å². The van der Waals surface area contributed by atoms with Crippen molar-refractivity contribution in [3.8, 4) is 11.5 Å². The van der Waals surface area contributed by atoms with Crippen LogP contribution in [0.4, 0.5) is 9.93 Å². The van der Waals surface area contributed by atoms with Gasteiger partial charge in [-0.3, -0.25) is 5.32 Å². The topological polar surface area (TPSA) is 63.7 Å². The Morgan fingerprint density at radius 3 is 2.61 bits per heavy atom. The molecule has 1 aliphatic heterocycles. The number of nitrogens with one attached hydrogen (secondary N) is 1. The molecular formula is C21H21N3O3S. The van der Waals surface area contributed by atoms with Crippen LogP contribution in [-0.4, -0.2) is 36.7 Å². The average Bonchev–Trinajstić information content (AvgIpc) is 3.25. The molecule has 0 saturated heterocycles. The summed E-state index contributed by atoms with van der Waals surface area (Å²) in [7, 11) is 3.26. The molecule has 0 saturated carbocycles. The van der Waals surface area contributed by atoms with Gasteiger partial charge in [0, 0.05) is 18.1 Å². The Bertz CT molecular complexity index is 961. The minimum Gasteiger partial charge on any atom is -0.493 e. The quantitative estimate of drug-likeness (QED) is 0.714. The van der Waals surface area contributed by atoms with E-state index < -0.39 is 0 Å². The number of carbonyl (C=O) groups excluding carboxylic acids is 1. The lowest BCUT2D eigenvalue weighted by Crippen LogP contribution is -2.43. The lowest BCUT2D eigenvalue weighted by atomic mass is 9.88. The van der Waals surface area contributed by atoms with Gasteiger partial charge < -0.3 is 14.4 Å². The number of thiazole rings is 1. The maximum atomic E-state index is 13.1. The third-order valence-electron chi connectivity index (χ3n) is 4.90. The summed E-state index contributed by atoms with van der Waals surface area (Å²) in [6, 6.07) is 13.6. The Labute approximate surface area is 167 Å². The maximum Gasteiger partial charge on any atom is 0.324 e. The van der Waals surface area contributed by atoms with Crippen molar-refractivity contribution in [2.24, 2.45) is 0 Å². The fraction of sp³-hybridized carbons (Fsp3) is 0.238. The molecule has 2 amide bonds. The summed E-state index contributed by atoms with van der Waals surface area (Å²) in [5, 5.41) is 5.34. The van der Waals surface area contributed by atoms with Crippen LogP contribution < -0.4 is 14.8 Å². The number of ether oxygens (including phenoxy) is 2. The van der Waals surface area contributed by atoms with E-state index in [-0.39, 0.29) is 12.1 Å². The predicted molar refractivity (Wildman–Crippen MR) is 109 cm³/mol. The molecule has 6 nitrogen and oxygen atoms in total. The first-order chi connectivity index (χ1) is 13.7. The number of amides is 2. The Morgan fingerprint density at radius 2 is 1.93 bits per heavy atom. The molecule has 1 N–H and O–H groups in total. The van der Waals surface area contributed by atoms with Gasteiger partial charge in [0.05, 0.1) is 20.3 Å². The summed E-state index contributed by atoms with van der Waals surface area (Å²) in [4.78, 5) is 19.1.